The van der Waals surface area contributed by atoms with Gasteiger partial charge in [0.15, 0.2) is 0 Å². The Morgan fingerprint density at radius 3 is 2.64 bits per heavy atom. The van der Waals surface area contributed by atoms with Crippen LogP contribution in [-0.4, -0.2) is 6.04 Å². The molecule has 0 aromatic heterocycles. The second-order valence-electron chi connectivity index (χ2n) is 5.66. The third-order valence-electron chi connectivity index (χ3n) is 3.92. The van der Waals surface area contributed by atoms with Gasteiger partial charge in [-0.1, -0.05) is 42.8 Å². The Hall–Kier alpha value is -1.51. The topological polar surface area (TPSA) is 21.3 Å². The Balaban J connectivity index is 2.08. The molecule has 22 heavy (non-hydrogen) atoms. The molecule has 2 rings (SSSR count). The highest BCUT2D eigenvalue weighted by Crippen LogP contribution is 2.24. The molecule has 1 atom stereocenters. The van der Waals surface area contributed by atoms with E-state index in [0.29, 0.717) is 12.6 Å². The number of nitrogens with one attached hydrogen (secondary N) is 1. The van der Waals surface area contributed by atoms with Crippen molar-refractivity contribution in [1.29, 1.82) is 0 Å². The Morgan fingerprint density at radius 1 is 1.14 bits per heavy atom. The number of benzene rings is 2. The smallest absolute Gasteiger partial charge is 0.124 e. The zero-order chi connectivity index (χ0) is 15.9. The predicted octanol–water partition coefficient (Wildman–Crippen LogP) is 5.12. The molecular weight excluding hydrogens is 294 g/mol. The minimum atomic E-state index is 0.475. The molecule has 0 aliphatic carbocycles. The normalized spacial score (nSPS) is 12.2. The molecule has 0 bridgehead atoms. The highest BCUT2D eigenvalue weighted by molar-refractivity contribution is 6.30. The van der Waals surface area contributed by atoms with Crippen LogP contribution in [0.2, 0.25) is 5.02 Å². The summed E-state index contributed by atoms with van der Waals surface area (Å²) >= 11 is 6.13. The van der Waals surface area contributed by atoms with Crippen molar-refractivity contribution in [2.45, 2.75) is 46.4 Å². The number of aryl methyl sites for hydroxylation is 1. The van der Waals surface area contributed by atoms with Crippen LogP contribution < -0.4 is 10.1 Å². The lowest BCUT2D eigenvalue weighted by molar-refractivity contribution is 0.301. The molecule has 1 unspecified atom stereocenters. The van der Waals surface area contributed by atoms with Gasteiger partial charge in [-0.15, -0.1) is 0 Å². The van der Waals surface area contributed by atoms with Crippen molar-refractivity contribution < 1.29 is 4.74 Å². The summed E-state index contributed by atoms with van der Waals surface area (Å²) in [6.07, 6.45) is 1.10. The molecule has 118 valence electrons. The molecule has 1 N–H and O–H groups in total. The first-order chi connectivity index (χ1) is 10.6. The van der Waals surface area contributed by atoms with E-state index in [-0.39, 0.29) is 0 Å². The third-order valence-corrected chi connectivity index (χ3v) is 4.16. The molecule has 0 saturated heterocycles. The Kier molecular flexibility index (Phi) is 6.29. The van der Waals surface area contributed by atoms with Gasteiger partial charge in [-0.25, -0.2) is 0 Å². The van der Waals surface area contributed by atoms with Gasteiger partial charge in [0, 0.05) is 23.2 Å². The molecule has 2 nitrogen and oxygen atoms in total. The van der Waals surface area contributed by atoms with Crippen LogP contribution in [0.3, 0.4) is 0 Å². The largest absolute Gasteiger partial charge is 0.489 e. The van der Waals surface area contributed by atoms with Gasteiger partial charge in [0.05, 0.1) is 0 Å². The zero-order valence-corrected chi connectivity index (χ0v) is 14.3. The summed E-state index contributed by atoms with van der Waals surface area (Å²) in [6.45, 7) is 7.79. The van der Waals surface area contributed by atoms with Gasteiger partial charge in [0.1, 0.15) is 12.4 Å². The van der Waals surface area contributed by atoms with E-state index in [0.717, 1.165) is 29.3 Å². The van der Waals surface area contributed by atoms with E-state index in [1.165, 1.54) is 11.1 Å². The molecule has 0 saturated carbocycles. The maximum atomic E-state index is 6.13. The first-order valence-corrected chi connectivity index (χ1v) is 8.17. The summed E-state index contributed by atoms with van der Waals surface area (Å²) in [7, 11) is 0. The lowest BCUT2D eigenvalue weighted by Gasteiger charge is -2.16. The van der Waals surface area contributed by atoms with Crippen molar-refractivity contribution in [2.24, 2.45) is 0 Å². The van der Waals surface area contributed by atoms with Gasteiger partial charge in [-0.05, 0) is 49.6 Å². The second kappa shape index (κ2) is 8.21. The standard InChI is InChI=1S/C19H24ClNO/c1-4-15(3)21-12-17-11-18(20)9-10-19(17)22-13-16-8-6-5-7-14(16)2/h5-11,15,21H,4,12-13H2,1-3H3. The molecule has 0 aliphatic heterocycles. The van der Waals surface area contributed by atoms with Crippen LogP contribution in [0.15, 0.2) is 42.5 Å². The molecular formula is C19H24ClNO. The molecule has 3 heteroatoms. The van der Waals surface area contributed by atoms with Crippen molar-refractivity contribution in [3.8, 4) is 5.75 Å². The van der Waals surface area contributed by atoms with Crippen molar-refractivity contribution in [1.82, 2.24) is 5.32 Å². The molecule has 0 amide bonds. The first-order valence-electron chi connectivity index (χ1n) is 7.79. The molecule has 0 aliphatic rings. The zero-order valence-electron chi connectivity index (χ0n) is 13.5. The molecule has 0 radical (unpaired) electrons. The van der Waals surface area contributed by atoms with Crippen LogP contribution >= 0.6 is 11.6 Å². The number of hydrogen-bond acceptors (Lipinski definition) is 2. The van der Waals surface area contributed by atoms with Gasteiger partial charge in [-0.3, -0.25) is 0 Å². The van der Waals surface area contributed by atoms with Crippen LogP contribution in [-0.2, 0) is 13.2 Å². The van der Waals surface area contributed by atoms with Gasteiger partial charge in [-0.2, -0.15) is 0 Å². The monoisotopic (exact) mass is 317 g/mol. The van der Waals surface area contributed by atoms with Crippen molar-refractivity contribution >= 4 is 11.6 Å². The van der Waals surface area contributed by atoms with E-state index < -0.39 is 0 Å². The molecule has 2 aromatic rings. The summed E-state index contributed by atoms with van der Waals surface area (Å²) in [4.78, 5) is 0. The average molecular weight is 318 g/mol. The Labute approximate surface area is 138 Å². The fourth-order valence-electron chi connectivity index (χ4n) is 2.18. The maximum absolute atomic E-state index is 6.13. The fraction of sp³-hybridized carbons (Fsp3) is 0.368. The summed E-state index contributed by atoms with van der Waals surface area (Å²) < 4.78 is 6.03. The summed E-state index contributed by atoms with van der Waals surface area (Å²) in [5, 5.41) is 4.23. The fourth-order valence-corrected chi connectivity index (χ4v) is 2.38. The molecule has 0 fully saturated rings. The third kappa shape index (κ3) is 4.75. The summed E-state index contributed by atoms with van der Waals surface area (Å²) in [6, 6.07) is 14.6. The van der Waals surface area contributed by atoms with Gasteiger partial charge in [0.25, 0.3) is 0 Å². The van der Waals surface area contributed by atoms with Gasteiger partial charge in [0.2, 0.25) is 0 Å². The van der Waals surface area contributed by atoms with E-state index in [1.54, 1.807) is 0 Å². The molecule has 0 heterocycles. The van der Waals surface area contributed by atoms with Crippen LogP contribution in [0.25, 0.3) is 0 Å². The second-order valence-corrected chi connectivity index (χ2v) is 6.09. The predicted molar refractivity (Wildman–Crippen MR) is 93.6 cm³/mol. The minimum Gasteiger partial charge on any atom is -0.489 e. The van der Waals surface area contributed by atoms with Crippen LogP contribution in [0.5, 0.6) is 5.75 Å². The van der Waals surface area contributed by atoms with E-state index in [9.17, 15) is 0 Å². The highest BCUT2D eigenvalue weighted by Gasteiger charge is 2.07. The first kappa shape index (κ1) is 16.9. The minimum absolute atomic E-state index is 0.475. The highest BCUT2D eigenvalue weighted by atomic mass is 35.5. The van der Waals surface area contributed by atoms with Crippen LogP contribution in [0.4, 0.5) is 0 Å². The van der Waals surface area contributed by atoms with Crippen molar-refractivity contribution in [3.05, 3.63) is 64.2 Å². The number of ether oxygens (including phenoxy) is 1. The van der Waals surface area contributed by atoms with E-state index in [2.05, 4.69) is 38.2 Å². The van der Waals surface area contributed by atoms with Gasteiger partial charge < -0.3 is 10.1 Å². The Morgan fingerprint density at radius 2 is 1.91 bits per heavy atom. The lowest BCUT2D eigenvalue weighted by Crippen LogP contribution is -2.24. The van der Waals surface area contributed by atoms with Gasteiger partial charge >= 0.3 is 0 Å². The van der Waals surface area contributed by atoms with E-state index >= 15 is 0 Å². The SMILES string of the molecule is CCC(C)NCc1cc(Cl)ccc1OCc1ccccc1C. The molecule has 0 spiro atoms. The maximum Gasteiger partial charge on any atom is 0.124 e. The van der Waals surface area contributed by atoms with E-state index in [4.69, 9.17) is 16.3 Å². The number of halogens is 1. The van der Waals surface area contributed by atoms with Crippen molar-refractivity contribution in [3.63, 3.8) is 0 Å². The van der Waals surface area contributed by atoms with Crippen LogP contribution in [0, 0.1) is 6.92 Å². The number of rotatable bonds is 7. The summed E-state index contributed by atoms with van der Waals surface area (Å²) in [5.74, 6) is 0.892. The number of hydrogen-bond donors (Lipinski definition) is 1. The lowest BCUT2D eigenvalue weighted by atomic mass is 10.1. The average Bonchev–Trinajstić information content (AvgIpc) is 2.53. The van der Waals surface area contributed by atoms with Crippen LogP contribution in [0.1, 0.15) is 37.0 Å². The molecule has 2 aromatic carbocycles. The van der Waals surface area contributed by atoms with Crippen molar-refractivity contribution in [2.75, 3.05) is 0 Å². The Bertz CT molecular complexity index is 612. The quantitative estimate of drug-likeness (QED) is 0.765. The van der Waals surface area contributed by atoms with E-state index in [1.807, 2.05) is 30.3 Å². The summed E-state index contributed by atoms with van der Waals surface area (Å²) in [5.41, 5.74) is 3.55.